The minimum atomic E-state index is -0.0557. The summed E-state index contributed by atoms with van der Waals surface area (Å²) in [6.45, 7) is 0. The normalized spacial score (nSPS) is 9.27. The van der Waals surface area contributed by atoms with E-state index in [4.69, 9.17) is 16.3 Å². The van der Waals surface area contributed by atoms with Crippen LogP contribution in [0.15, 0.2) is 22.8 Å². The Morgan fingerprint density at radius 1 is 1.64 bits per heavy atom. The first-order valence-corrected chi connectivity index (χ1v) is 4.25. The first-order chi connectivity index (χ1) is 5.18. The van der Waals surface area contributed by atoms with Gasteiger partial charge < -0.3 is 4.74 Å². The third-order valence-corrected chi connectivity index (χ3v) is 1.51. The summed E-state index contributed by atoms with van der Waals surface area (Å²) >= 11 is 13.0. The van der Waals surface area contributed by atoms with E-state index in [1.54, 1.807) is 18.3 Å². The Hall–Kier alpha value is -0.190. The Morgan fingerprint density at radius 3 is 2.82 bits per heavy atom. The summed E-state index contributed by atoms with van der Waals surface area (Å²) in [6.07, 6.45) is 1.60. The Morgan fingerprint density at radius 2 is 2.36 bits per heavy atom. The van der Waals surface area contributed by atoms with Crippen molar-refractivity contribution in [2.45, 2.75) is 0 Å². The zero-order valence-corrected chi connectivity index (χ0v) is 8.41. The molecular weight excluding hydrogens is 249 g/mol. The number of thiocarbonyl (C=S) groups is 1. The van der Waals surface area contributed by atoms with Crippen molar-refractivity contribution in [1.29, 1.82) is 0 Å². The maximum atomic E-state index is 5.31. The number of hydrogen-bond donors (Lipinski definition) is 0. The predicted octanol–water partition coefficient (Wildman–Crippen LogP) is 2.75. The van der Waals surface area contributed by atoms with Crippen molar-refractivity contribution in [3.8, 4) is 5.88 Å². The molecule has 0 amide bonds. The van der Waals surface area contributed by atoms with Gasteiger partial charge in [0.05, 0.1) is 0 Å². The van der Waals surface area contributed by atoms with E-state index < -0.39 is 0 Å². The number of rotatable bonds is 1. The van der Waals surface area contributed by atoms with Crippen LogP contribution in [0, 0.1) is 0 Å². The highest BCUT2D eigenvalue weighted by molar-refractivity contribution is 9.10. The van der Waals surface area contributed by atoms with Gasteiger partial charge in [0.1, 0.15) is 0 Å². The first-order valence-electron chi connectivity index (χ1n) is 2.67. The minimum Gasteiger partial charge on any atom is -0.417 e. The second-order valence-electron chi connectivity index (χ2n) is 1.65. The molecule has 11 heavy (non-hydrogen) atoms. The van der Waals surface area contributed by atoms with Crippen LogP contribution in [-0.2, 0) is 0 Å². The summed E-state index contributed by atoms with van der Waals surface area (Å²) in [7, 11) is 0. The van der Waals surface area contributed by atoms with Crippen molar-refractivity contribution < 1.29 is 4.74 Å². The van der Waals surface area contributed by atoms with Crippen LogP contribution in [0.5, 0.6) is 5.88 Å². The van der Waals surface area contributed by atoms with E-state index >= 15 is 0 Å². The zero-order chi connectivity index (χ0) is 8.27. The van der Waals surface area contributed by atoms with Crippen molar-refractivity contribution in [2.24, 2.45) is 0 Å². The van der Waals surface area contributed by atoms with Gasteiger partial charge in [0.25, 0.3) is 4.51 Å². The molecule has 0 aliphatic rings. The molecule has 0 aromatic carbocycles. The summed E-state index contributed by atoms with van der Waals surface area (Å²) in [6, 6.07) is 3.45. The molecule has 0 bridgehead atoms. The fourth-order valence-corrected chi connectivity index (χ4v) is 0.904. The van der Waals surface area contributed by atoms with Crippen LogP contribution < -0.4 is 4.74 Å². The molecule has 58 valence electrons. The van der Waals surface area contributed by atoms with Crippen molar-refractivity contribution in [3.63, 3.8) is 0 Å². The largest absolute Gasteiger partial charge is 0.417 e. The molecule has 0 atom stereocenters. The van der Waals surface area contributed by atoms with E-state index in [1.165, 1.54) is 0 Å². The van der Waals surface area contributed by atoms with Crippen LogP contribution in [0.25, 0.3) is 0 Å². The molecule has 2 nitrogen and oxygen atoms in total. The second kappa shape index (κ2) is 3.99. The average molecular weight is 253 g/mol. The van der Waals surface area contributed by atoms with Crippen LogP contribution in [0.3, 0.4) is 0 Å². The van der Waals surface area contributed by atoms with Gasteiger partial charge in [0.15, 0.2) is 0 Å². The van der Waals surface area contributed by atoms with Gasteiger partial charge >= 0.3 is 0 Å². The zero-order valence-electron chi connectivity index (χ0n) is 5.25. The van der Waals surface area contributed by atoms with Gasteiger partial charge in [0, 0.05) is 16.7 Å². The number of pyridine rings is 1. The van der Waals surface area contributed by atoms with Crippen molar-refractivity contribution in [1.82, 2.24) is 4.98 Å². The monoisotopic (exact) mass is 251 g/mol. The maximum absolute atomic E-state index is 5.31. The highest BCUT2D eigenvalue weighted by Gasteiger charge is 1.96. The van der Waals surface area contributed by atoms with Gasteiger partial charge in [-0.2, -0.15) is 0 Å². The van der Waals surface area contributed by atoms with E-state index in [1.807, 2.05) is 0 Å². The van der Waals surface area contributed by atoms with Gasteiger partial charge in [-0.1, -0.05) is 0 Å². The molecule has 0 unspecified atom stereocenters. The SMILES string of the molecule is S=C(Cl)Oc1ccc(Br)cn1. The molecule has 0 fully saturated rings. The molecule has 0 radical (unpaired) electrons. The number of halogens is 2. The fraction of sp³-hybridized carbons (Fsp3) is 0. The highest BCUT2D eigenvalue weighted by atomic mass is 79.9. The summed E-state index contributed by atoms with van der Waals surface area (Å²) in [5.41, 5.74) is 0. The molecule has 1 aromatic rings. The van der Waals surface area contributed by atoms with Gasteiger partial charge in [0.2, 0.25) is 5.88 Å². The number of hydrogen-bond acceptors (Lipinski definition) is 3. The van der Waals surface area contributed by atoms with Crippen LogP contribution in [0.2, 0.25) is 0 Å². The number of nitrogens with zero attached hydrogens (tertiary/aromatic N) is 1. The molecule has 1 heterocycles. The third-order valence-electron chi connectivity index (χ3n) is 0.885. The summed E-state index contributed by atoms with van der Waals surface area (Å²) < 4.78 is 5.66. The minimum absolute atomic E-state index is 0.0557. The van der Waals surface area contributed by atoms with Crippen LogP contribution >= 0.6 is 39.7 Å². The topological polar surface area (TPSA) is 22.1 Å². The molecule has 0 saturated heterocycles. The quantitative estimate of drug-likeness (QED) is 0.567. The Balaban J connectivity index is 2.74. The van der Waals surface area contributed by atoms with E-state index in [0.717, 1.165) is 4.47 Å². The maximum Gasteiger partial charge on any atom is 0.262 e. The lowest BCUT2D eigenvalue weighted by atomic mass is 10.5. The highest BCUT2D eigenvalue weighted by Crippen LogP contribution is 2.12. The van der Waals surface area contributed by atoms with Gasteiger partial charge in [-0.25, -0.2) is 4.98 Å². The molecular formula is C6H3BrClNOS. The average Bonchev–Trinajstić information content (AvgIpc) is 1.93. The summed E-state index contributed by atoms with van der Waals surface area (Å²) in [4.78, 5) is 3.88. The smallest absolute Gasteiger partial charge is 0.262 e. The standard InChI is InChI=1S/C6H3BrClNOS/c7-4-1-2-5(9-3-4)10-6(8)11/h1-3H. The van der Waals surface area contributed by atoms with E-state index in [2.05, 4.69) is 33.1 Å². The van der Waals surface area contributed by atoms with Crippen molar-refractivity contribution >= 4 is 44.3 Å². The molecule has 0 aliphatic heterocycles. The van der Waals surface area contributed by atoms with Crippen molar-refractivity contribution in [3.05, 3.63) is 22.8 Å². The number of aromatic nitrogens is 1. The van der Waals surface area contributed by atoms with E-state index in [9.17, 15) is 0 Å². The van der Waals surface area contributed by atoms with Crippen molar-refractivity contribution in [2.75, 3.05) is 0 Å². The van der Waals surface area contributed by atoms with Crippen LogP contribution in [-0.4, -0.2) is 9.49 Å². The Labute approximate surface area is 82.7 Å². The first kappa shape index (κ1) is 8.90. The predicted molar refractivity (Wildman–Crippen MR) is 51.0 cm³/mol. The lowest BCUT2D eigenvalue weighted by molar-refractivity contribution is 0.552. The third kappa shape index (κ3) is 3.14. The van der Waals surface area contributed by atoms with Gasteiger partial charge in [-0.3, -0.25) is 0 Å². The van der Waals surface area contributed by atoms with Crippen LogP contribution in [0.1, 0.15) is 0 Å². The van der Waals surface area contributed by atoms with Gasteiger partial charge in [-0.15, -0.1) is 0 Å². The van der Waals surface area contributed by atoms with E-state index in [0.29, 0.717) is 5.88 Å². The lowest BCUT2D eigenvalue weighted by Gasteiger charge is -1.98. The lowest BCUT2D eigenvalue weighted by Crippen LogP contribution is -1.96. The number of ether oxygens (including phenoxy) is 1. The molecule has 1 rings (SSSR count). The summed E-state index contributed by atoms with van der Waals surface area (Å²) in [5, 5.41) is 0. The second-order valence-corrected chi connectivity index (χ2v) is 3.51. The van der Waals surface area contributed by atoms with Gasteiger partial charge in [-0.05, 0) is 45.8 Å². The molecule has 1 aromatic heterocycles. The van der Waals surface area contributed by atoms with Crippen LogP contribution in [0.4, 0.5) is 0 Å². The Kier molecular flexibility index (Phi) is 3.23. The summed E-state index contributed by atoms with van der Waals surface area (Å²) in [5.74, 6) is 0.396. The molecule has 0 N–H and O–H groups in total. The molecule has 0 spiro atoms. The fourth-order valence-electron chi connectivity index (χ4n) is 0.505. The molecule has 5 heteroatoms. The molecule has 0 aliphatic carbocycles. The Bertz CT molecular complexity index is 264. The van der Waals surface area contributed by atoms with E-state index in [-0.39, 0.29) is 4.51 Å². The molecule has 0 saturated carbocycles.